The van der Waals surface area contributed by atoms with E-state index >= 15 is 0 Å². The molecular weight excluding hydrogens is 400 g/mol. The van der Waals surface area contributed by atoms with Crippen molar-refractivity contribution in [2.75, 3.05) is 0 Å². The molecule has 0 saturated carbocycles. The highest BCUT2D eigenvalue weighted by molar-refractivity contribution is 9.10. The average molecular weight is 418 g/mol. The van der Waals surface area contributed by atoms with Gasteiger partial charge in [0.2, 0.25) is 15.9 Å². The summed E-state index contributed by atoms with van der Waals surface area (Å²) in [4.78, 5) is 11.8. The maximum Gasteiger partial charge on any atom is 0.246 e. The van der Waals surface area contributed by atoms with E-state index in [1.165, 1.54) is 0 Å². The molecule has 0 radical (unpaired) electrons. The van der Waals surface area contributed by atoms with E-state index in [-0.39, 0.29) is 5.91 Å². The minimum atomic E-state index is -1.76. The van der Waals surface area contributed by atoms with E-state index in [1.807, 2.05) is 0 Å². The van der Waals surface area contributed by atoms with Gasteiger partial charge in [0.25, 0.3) is 0 Å². The Bertz CT molecular complexity index is 449. The Hall–Kier alpha value is -0.160. The predicted molar refractivity (Wildman–Crippen MR) is 91.1 cm³/mol. The minimum Gasteiger partial charge on any atom is -0.466 e. The molecule has 0 aromatic heterocycles. The summed E-state index contributed by atoms with van der Waals surface area (Å²) in [6.45, 7) is 2.07. The number of hydrogen-bond donors (Lipinski definition) is 1. The molecule has 0 fully saturated rings. The van der Waals surface area contributed by atoms with E-state index in [4.69, 9.17) is 39.5 Å². The number of amides is 1. The number of benzene rings is 1. The molecule has 7 heteroatoms. The van der Waals surface area contributed by atoms with Crippen molar-refractivity contribution in [1.29, 1.82) is 0 Å². The highest BCUT2D eigenvalue weighted by atomic mass is 79.9. The fraction of sp³-hybridized carbons (Fsp3) is 0.500. The van der Waals surface area contributed by atoms with Crippen LogP contribution in [-0.2, 0) is 4.79 Å². The molecular formula is C14H17BrCl3NO2. The van der Waals surface area contributed by atoms with Crippen LogP contribution < -0.4 is 10.1 Å². The van der Waals surface area contributed by atoms with Gasteiger partial charge in [-0.15, -0.1) is 0 Å². The second kappa shape index (κ2) is 9.09. The molecule has 0 bridgehead atoms. The number of ether oxygens (including phenoxy) is 1. The summed E-state index contributed by atoms with van der Waals surface area (Å²) >= 11 is 20.9. The molecule has 1 rings (SSSR count). The third-order valence-corrected chi connectivity index (χ3v) is 3.79. The summed E-state index contributed by atoms with van der Waals surface area (Å²) in [7, 11) is 0. The Morgan fingerprint density at radius 3 is 2.43 bits per heavy atom. The number of alkyl halides is 3. The molecule has 1 unspecified atom stereocenters. The summed E-state index contributed by atoms with van der Waals surface area (Å²) < 4.78 is 4.71. The van der Waals surface area contributed by atoms with Crippen LogP contribution in [0.4, 0.5) is 0 Å². The third-order valence-electron chi connectivity index (χ3n) is 2.66. The lowest BCUT2D eigenvalue weighted by atomic mass is 10.2. The van der Waals surface area contributed by atoms with E-state index in [0.717, 1.165) is 23.7 Å². The molecule has 1 amide bonds. The molecule has 0 aliphatic heterocycles. The molecule has 1 aromatic carbocycles. The van der Waals surface area contributed by atoms with Gasteiger partial charge in [-0.05, 0) is 30.7 Å². The largest absolute Gasteiger partial charge is 0.466 e. The van der Waals surface area contributed by atoms with Crippen LogP contribution in [0.2, 0.25) is 0 Å². The average Bonchev–Trinajstić information content (AvgIpc) is 2.40. The van der Waals surface area contributed by atoms with Gasteiger partial charge in [0.15, 0.2) is 0 Å². The van der Waals surface area contributed by atoms with E-state index in [0.29, 0.717) is 12.2 Å². The Labute approximate surface area is 148 Å². The first kappa shape index (κ1) is 18.9. The normalized spacial score (nSPS) is 12.8. The van der Waals surface area contributed by atoms with Crippen molar-refractivity contribution in [3.8, 4) is 5.75 Å². The van der Waals surface area contributed by atoms with Crippen LogP contribution in [-0.4, -0.2) is 15.9 Å². The van der Waals surface area contributed by atoms with Crippen LogP contribution in [0.5, 0.6) is 5.75 Å². The van der Waals surface area contributed by atoms with Gasteiger partial charge in [0.05, 0.1) is 0 Å². The first-order chi connectivity index (χ1) is 9.82. The molecule has 118 valence electrons. The Balaban J connectivity index is 2.64. The van der Waals surface area contributed by atoms with Gasteiger partial charge in [0.1, 0.15) is 5.75 Å². The van der Waals surface area contributed by atoms with Gasteiger partial charge >= 0.3 is 0 Å². The van der Waals surface area contributed by atoms with Crippen molar-refractivity contribution in [3.05, 3.63) is 28.7 Å². The second-order valence-electron chi connectivity index (χ2n) is 4.52. The molecule has 0 heterocycles. The van der Waals surface area contributed by atoms with Gasteiger partial charge in [-0.1, -0.05) is 70.5 Å². The summed E-state index contributed by atoms with van der Waals surface area (Å²) in [5.74, 6) is 0.306. The lowest BCUT2D eigenvalue weighted by Crippen LogP contribution is -2.47. The highest BCUT2D eigenvalue weighted by Crippen LogP contribution is 2.32. The monoisotopic (exact) mass is 415 g/mol. The number of carbonyl (C=O) groups is 1. The Kier molecular flexibility index (Phi) is 8.17. The Morgan fingerprint density at radius 1 is 1.29 bits per heavy atom. The van der Waals surface area contributed by atoms with Crippen LogP contribution in [0.1, 0.15) is 32.6 Å². The molecule has 0 aliphatic carbocycles. The van der Waals surface area contributed by atoms with Crippen molar-refractivity contribution in [3.63, 3.8) is 0 Å². The molecule has 0 spiro atoms. The van der Waals surface area contributed by atoms with Crippen LogP contribution in [0, 0.1) is 0 Å². The fourth-order valence-corrected chi connectivity index (χ4v) is 2.14. The van der Waals surface area contributed by atoms with Crippen molar-refractivity contribution >= 4 is 56.6 Å². The zero-order valence-electron chi connectivity index (χ0n) is 11.5. The summed E-state index contributed by atoms with van der Waals surface area (Å²) in [5, 5.41) is 2.61. The van der Waals surface area contributed by atoms with Gasteiger partial charge in [0, 0.05) is 10.9 Å². The molecule has 1 N–H and O–H groups in total. The van der Waals surface area contributed by atoms with Crippen molar-refractivity contribution < 1.29 is 9.53 Å². The van der Waals surface area contributed by atoms with E-state index in [1.54, 1.807) is 24.3 Å². The van der Waals surface area contributed by atoms with Crippen molar-refractivity contribution in [1.82, 2.24) is 5.32 Å². The number of hydrogen-bond acceptors (Lipinski definition) is 2. The molecule has 0 aliphatic rings. The summed E-state index contributed by atoms with van der Waals surface area (Å²) in [6.07, 6.45) is 2.16. The molecule has 0 saturated heterocycles. The first-order valence-corrected chi connectivity index (χ1v) is 8.54. The standard InChI is InChI=1S/C14H17BrCl3NO2/c1-2-3-4-5-12(20)19-13(14(16,17)18)21-11-8-6-10(15)7-9-11/h6-9,13H,2-5H2,1H3,(H,19,20). The molecule has 1 atom stereocenters. The topological polar surface area (TPSA) is 38.3 Å². The van der Waals surface area contributed by atoms with Crippen LogP contribution in [0.3, 0.4) is 0 Å². The van der Waals surface area contributed by atoms with E-state index in [9.17, 15) is 4.79 Å². The summed E-state index contributed by atoms with van der Waals surface area (Å²) in [6, 6.07) is 7.04. The van der Waals surface area contributed by atoms with Gasteiger partial charge in [-0.3, -0.25) is 4.79 Å². The van der Waals surface area contributed by atoms with Crippen LogP contribution in [0.15, 0.2) is 28.7 Å². The van der Waals surface area contributed by atoms with Crippen molar-refractivity contribution in [2.45, 2.75) is 42.6 Å². The third kappa shape index (κ3) is 7.59. The molecule has 3 nitrogen and oxygen atoms in total. The van der Waals surface area contributed by atoms with Crippen LogP contribution >= 0.6 is 50.7 Å². The van der Waals surface area contributed by atoms with Crippen molar-refractivity contribution in [2.24, 2.45) is 0 Å². The SMILES string of the molecule is CCCCCC(=O)NC(Oc1ccc(Br)cc1)C(Cl)(Cl)Cl. The second-order valence-corrected chi connectivity index (χ2v) is 7.80. The maximum atomic E-state index is 11.8. The summed E-state index contributed by atoms with van der Waals surface area (Å²) in [5.41, 5.74) is 0. The zero-order chi connectivity index (χ0) is 15.9. The lowest BCUT2D eigenvalue weighted by Gasteiger charge is -2.26. The molecule has 1 aromatic rings. The molecule has 21 heavy (non-hydrogen) atoms. The van der Waals surface area contributed by atoms with E-state index < -0.39 is 10.0 Å². The van der Waals surface area contributed by atoms with Crippen LogP contribution in [0.25, 0.3) is 0 Å². The van der Waals surface area contributed by atoms with E-state index in [2.05, 4.69) is 28.2 Å². The highest BCUT2D eigenvalue weighted by Gasteiger charge is 2.36. The lowest BCUT2D eigenvalue weighted by molar-refractivity contribution is -0.123. The quantitative estimate of drug-likeness (QED) is 0.375. The smallest absolute Gasteiger partial charge is 0.246 e. The number of carbonyl (C=O) groups excluding carboxylic acids is 1. The zero-order valence-corrected chi connectivity index (χ0v) is 15.4. The maximum absolute atomic E-state index is 11.8. The number of unbranched alkanes of at least 4 members (excludes halogenated alkanes) is 2. The predicted octanol–water partition coefficient (Wildman–Crippen LogP) is 5.22. The van der Waals surface area contributed by atoms with Gasteiger partial charge in [-0.2, -0.15) is 0 Å². The minimum absolute atomic E-state index is 0.197. The number of nitrogens with one attached hydrogen (secondary N) is 1. The van der Waals surface area contributed by atoms with Gasteiger partial charge < -0.3 is 10.1 Å². The Morgan fingerprint density at radius 2 is 1.90 bits per heavy atom. The first-order valence-electron chi connectivity index (χ1n) is 6.61. The fourth-order valence-electron chi connectivity index (χ4n) is 1.58. The number of rotatable bonds is 7. The van der Waals surface area contributed by atoms with Gasteiger partial charge in [-0.25, -0.2) is 0 Å². The number of halogens is 4.